The van der Waals surface area contributed by atoms with E-state index < -0.39 is 23.2 Å². The molecule has 1 amide bonds. The predicted octanol–water partition coefficient (Wildman–Crippen LogP) is 2.17. The van der Waals surface area contributed by atoms with Gasteiger partial charge in [-0.2, -0.15) is 13.2 Å². The van der Waals surface area contributed by atoms with Crippen molar-refractivity contribution in [3.63, 3.8) is 0 Å². The van der Waals surface area contributed by atoms with E-state index >= 15 is 0 Å². The molecule has 2 rings (SSSR count). The average Bonchev–Trinajstić information content (AvgIpc) is 2.36. The van der Waals surface area contributed by atoms with E-state index in [1.165, 1.54) is 6.07 Å². The highest BCUT2D eigenvalue weighted by Crippen LogP contribution is 2.32. The van der Waals surface area contributed by atoms with E-state index in [4.69, 9.17) is 17.3 Å². The van der Waals surface area contributed by atoms with Crippen LogP contribution in [0.25, 0.3) is 0 Å². The summed E-state index contributed by atoms with van der Waals surface area (Å²) in [4.78, 5) is 13.0. The maximum absolute atomic E-state index is 12.8. The maximum Gasteiger partial charge on any atom is 0.416 e. The Balaban J connectivity index is 2.17. The smallest absolute Gasteiger partial charge is 0.379 e. The van der Waals surface area contributed by atoms with Gasteiger partial charge in [-0.15, -0.1) is 0 Å². The van der Waals surface area contributed by atoms with Gasteiger partial charge in [0.15, 0.2) is 5.60 Å². The zero-order valence-corrected chi connectivity index (χ0v) is 12.4. The number of halogens is 4. The molecule has 0 aromatic heterocycles. The zero-order chi connectivity index (χ0) is 16.5. The van der Waals surface area contributed by atoms with E-state index in [-0.39, 0.29) is 24.5 Å². The fraction of sp³-hybridized carbons (Fsp3) is 0.500. The lowest BCUT2D eigenvalue weighted by molar-refractivity contribution is -0.142. The number of carbonyl (C=O) groups is 1. The highest BCUT2D eigenvalue weighted by atomic mass is 35.5. The summed E-state index contributed by atoms with van der Waals surface area (Å²) < 4.78 is 38.3. The van der Waals surface area contributed by atoms with Crippen molar-refractivity contribution in [2.45, 2.75) is 31.2 Å². The molecule has 1 unspecified atom stereocenters. The average molecular weight is 337 g/mol. The van der Waals surface area contributed by atoms with Gasteiger partial charge in [0.1, 0.15) is 0 Å². The van der Waals surface area contributed by atoms with Crippen LogP contribution < -0.4 is 5.73 Å². The van der Waals surface area contributed by atoms with E-state index in [0.29, 0.717) is 18.5 Å². The van der Waals surface area contributed by atoms with Gasteiger partial charge in [0.05, 0.1) is 5.56 Å². The highest BCUT2D eigenvalue weighted by molar-refractivity contribution is 6.30. The van der Waals surface area contributed by atoms with Crippen molar-refractivity contribution in [3.05, 3.63) is 34.3 Å². The molecule has 0 radical (unpaired) electrons. The van der Waals surface area contributed by atoms with Crippen LogP contribution in [-0.2, 0) is 17.5 Å². The Kier molecular flexibility index (Phi) is 4.70. The normalized spacial score (nSPS) is 23.5. The molecule has 1 aromatic carbocycles. The summed E-state index contributed by atoms with van der Waals surface area (Å²) in [7, 11) is 0. The molecule has 0 bridgehead atoms. The second kappa shape index (κ2) is 6.06. The van der Waals surface area contributed by atoms with Crippen molar-refractivity contribution < 1.29 is 23.1 Å². The van der Waals surface area contributed by atoms with Crippen LogP contribution in [-0.4, -0.2) is 34.6 Å². The van der Waals surface area contributed by atoms with Crippen molar-refractivity contribution in [2.75, 3.05) is 13.1 Å². The van der Waals surface area contributed by atoms with Gasteiger partial charge in [-0.3, -0.25) is 9.69 Å². The molecular formula is C14H16ClF3N2O2. The molecular weight excluding hydrogens is 321 g/mol. The first kappa shape index (κ1) is 17.1. The minimum absolute atomic E-state index is 0.00377. The summed E-state index contributed by atoms with van der Waals surface area (Å²) in [6, 6.07) is 3.32. The standard InChI is InChI=1S/C14H16ClF3N2O2/c15-11-5-9(4-10(6-11)14(16,17)18)7-20-3-1-2-13(22,8-20)12(19)21/h4-6,22H,1-3,7-8H2,(H2,19,21). The predicted molar refractivity (Wildman–Crippen MR) is 75.1 cm³/mol. The van der Waals surface area contributed by atoms with Crippen LogP contribution in [0.1, 0.15) is 24.0 Å². The molecule has 3 N–H and O–H groups in total. The first-order valence-corrected chi connectivity index (χ1v) is 7.09. The van der Waals surface area contributed by atoms with Crippen molar-refractivity contribution in [3.8, 4) is 0 Å². The third-order valence-corrected chi connectivity index (χ3v) is 3.92. The van der Waals surface area contributed by atoms with Gasteiger partial charge in [0.2, 0.25) is 0 Å². The summed E-state index contributed by atoms with van der Waals surface area (Å²) in [6.07, 6.45) is -3.69. The summed E-state index contributed by atoms with van der Waals surface area (Å²) in [6.45, 7) is 0.707. The summed E-state index contributed by atoms with van der Waals surface area (Å²) in [5, 5.41) is 10.1. The molecule has 1 fully saturated rings. The third-order valence-electron chi connectivity index (χ3n) is 3.70. The minimum atomic E-state index is -4.48. The lowest BCUT2D eigenvalue weighted by Gasteiger charge is -2.37. The van der Waals surface area contributed by atoms with E-state index in [1.54, 1.807) is 4.90 Å². The third kappa shape index (κ3) is 3.91. The van der Waals surface area contributed by atoms with Crippen molar-refractivity contribution in [2.24, 2.45) is 5.73 Å². The number of likely N-dealkylation sites (tertiary alicyclic amines) is 1. The maximum atomic E-state index is 12.8. The second-order valence-electron chi connectivity index (χ2n) is 5.56. The largest absolute Gasteiger partial charge is 0.416 e. The Hall–Kier alpha value is -1.31. The Morgan fingerprint density at radius 1 is 1.41 bits per heavy atom. The molecule has 0 spiro atoms. The van der Waals surface area contributed by atoms with Gasteiger partial charge in [-0.25, -0.2) is 0 Å². The number of nitrogens with zero attached hydrogens (tertiary/aromatic N) is 1. The van der Waals surface area contributed by atoms with Gasteiger partial charge < -0.3 is 10.8 Å². The number of carbonyl (C=O) groups excluding carboxylic acids is 1. The zero-order valence-electron chi connectivity index (χ0n) is 11.7. The minimum Gasteiger partial charge on any atom is -0.379 e. The molecule has 4 nitrogen and oxygen atoms in total. The first-order valence-electron chi connectivity index (χ1n) is 6.71. The van der Waals surface area contributed by atoms with E-state index in [1.807, 2.05) is 0 Å². The number of benzene rings is 1. The van der Waals surface area contributed by atoms with Crippen molar-refractivity contribution >= 4 is 17.5 Å². The molecule has 1 aromatic rings. The number of hydrogen-bond donors (Lipinski definition) is 2. The van der Waals surface area contributed by atoms with Crippen LogP contribution >= 0.6 is 11.6 Å². The van der Waals surface area contributed by atoms with Gasteiger partial charge in [-0.1, -0.05) is 11.6 Å². The number of piperidine rings is 1. The number of primary amides is 1. The van der Waals surface area contributed by atoms with Crippen molar-refractivity contribution in [1.29, 1.82) is 0 Å². The molecule has 1 aliphatic heterocycles. The van der Waals surface area contributed by atoms with Gasteiger partial charge >= 0.3 is 6.18 Å². The molecule has 122 valence electrons. The summed E-state index contributed by atoms with van der Waals surface area (Å²) >= 11 is 5.74. The number of nitrogens with two attached hydrogens (primary N) is 1. The summed E-state index contributed by atoms with van der Waals surface area (Å²) in [5.41, 5.74) is 3.09. The SMILES string of the molecule is NC(=O)C1(O)CCCN(Cc2cc(Cl)cc(C(F)(F)F)c2)C1. The summed E-state index contributed by atoms with van der Waals surface area (Å²) in [5.74, 6) is -0.820. The van der Waals surface area contributed by atoms with Gasteiger partial charge in [0, 0.05) is 18.1 Å². The monoisotopic (exact) mass is 336 g/mol. The lowest BCUT2D eigenvalue weighted by Crippen LogP contribution is -2.55. The lowest BCUT2D eigenvalue weighted by atomic mass is 9.92. The molecule has 1 saturated heterocycles. The fourth-order valence-corrected chi connectivity index (χ4v) is 2.88. The molecule has 8 heteroatoms. The fourth-order valence-electron chi connectivity index (χ4n) is 2.62. The second-order valence-corrected chi connectivity index (χ2v) is 5.99. The van der Waals surface area contributed by atoms with Crippen LogP contribution in [0, 0.1) is 0 Å². The number of aliphatic hydroxyl groups is 1. The van der Waals surface area contributed by atoms with Gasteiger partial charge in [0.25, 0.3) is 5.91 Å². The van der Waals surface area contributed by atoms with E-state index in [2.05, 4.69) is 0 Å². The van der Waals surface area contributed by atoms with Crippen LogP contribution in [0.3, 0.4) is 0 Å². The Labute approximate surface area is 130 Å². The van der Waals surface area contributed by atoms with E-state index in [9.17, 15) is 23.1 Å². The van der Waals surface area contributed by atoms with Crippen LogP contribution in [0.15, 0.2) is 18.2 Å². The number of alkyl halides is 3. The quantitative estimate of drug-likeness (QED) is 0.889. The molecule has 1 aliphatic rings. The Morgan fingerprint density at radius 3 is 2.68 bits per heavy atom. The molecule has 0 aliphatic carbocycles. The number of β-amino-alcohol motifs (C(OH)–C–C–N with tert-alkyl or cyclic N) is 1. The number of amides is 1. The Morgan fingerprint density at radius 2 is 2.09 bits per heavy atom. The molecule has 1 heterocycles. The molecule has 22 heavy (non-hydrogen) atoms. The van der Waals surface area contributed by atoms with E-state index in [0.717, 1.165) is 12.1 Å². The number of rotatable bonds is 3. The van der Waals surface area contributed by atoms with Crippen LogP contribution in [0.4, 0.5) is 13.2 Å². The topological polar surface area (TPSA) is 66.6 Å². The number of hydrogen-bond acceptors (Lipinski definition) is 3. The van der Waals surface area contributed by atoms with Crippen molar-refractivity contribution in [1.82, 2.24) is 4.90 Å². The molecule has 1 atom stereocenters. The van der Waals surface area contributed by atoms with Gasteiger partial charge in [-0.05, 0) is 43.1 Å². The molecule has 0 saturated carbocycles. The van der Waals surface area contributed by atoms with Crippen LogP contribution in [0.2, 0.25) is 5.02 Å². The Bertz CT molecular complexity index is 580. The highest BCUT2D eigenvalue weighted by Gasteiger charge is 2.38. The first-order chi connectivity index (χ1) is 10.1. The van der Waals surface area contributed by atoms with Crippen LogP contribution in [0.5, 0.6) is 0 Å².